The van der Waals surface area contributed by atoms with Crippen molar-refractivity contribution in [1.29, 1.82) is 0 Å². The van der Waals surface area contributed by atoms with Gasteiger partial charge in [0, 0.05) is 49.4 Å². The molecule has 2 aliphatic rings. The van der Waals surface area contributed by atoms with Gasteiger partial charge in [0.2, 0.25) is 11.8 Å². The van der Waals surface area contributed by atoms with Crippen LogP contribution >= 0.6 is 11.3 Å². The van der Waals surface area contributed by atoms with Crippen LogP contribution in [0.15, 0.2) is 72.8 Å². The molecule has 7 rings (SSSR count). The molecule has 0 spiro atoms. The number of fused-ring (bicyclic) bond motifs is 2. The van der Waals surface area contributed by atoms with Gasteiger partial charge in [0.1, 0.15) is 0 Å². The van der Waals surface area contributed by atoms with E-state index in [4.69, 9.17) is 4.98 Å². The number of carbonyl (C=O) groups is 2. The number of H-pyrrole nitrogens is 1. The van der Waals surface area contributed by atoms with E-state index in [0.29, 0.717) is 26.2 Å². The monoisotopic (exact) mass is 565 g/mol. The highest BCUT2D eigenvalue weighted by atomic mass is 32.1. The molecule has 1 atom stereocenters. The lowest BCUT2D eigenvalue weighted by Crippen LogP contribution is -2.51. The van der Waals surface area contributed by atoms with Gasteiger partial charge < -0.3 is 15.1 Å². The fourth-order valence-electron chi connectivity index (χ4n) is 5.78. The predicted octanol–water partition coefficient (Wildman–Crippen LogP) is 4.45. The van der Waals surface area contributed by atoms with Crippen LogP contribution in [0.25, 0.3) is 32.4 Å². The van der Waals surface area contributed by atoms with Crippen molar-refractivity contribution in [2.75, 3.05) is 56.0 Å². The van der Waals surface area contributed by atoms with Gasteiger partial charge in [-0.15, -0.1) is 0 Å². The van der Waals surface area contributed by atoms with E-state index in [2.05, 4.69) is 31.4 Å². The number of likely N-dealkylation sites (tertiary alicyclic amines) is 1. The molecular formula is C31H31N7O2S. The molecule has 2 aliphatic heterocycles. The number of para-hydroxylation sites is 1. The molecule has 4 heterocycles. The van der Waals surface area contributed by atoms with E-state index < -0.39 is 0 Å². The number of aromatic nitrogens is 3. The first-order chi connectivity index (χ1) is 20.1. The lowest BCUT2D eigenvalue weighted by molar-refractivity contribution is -0.132. The number of rotatable bonds is 6. The zero-order valence-corrected chi connectivity index (χ0v) is 23.4. The molecule has 2 amide bonds. The van der Waals surface area contributed by atoms with Gasteiger partial charge >= 0.3 is 0 Å². The largest absolute Gasteiger partial charge is 0.345 e. The van der Waals surface area contributed by atoms with Gasteiger partial charge in [-0.1, -0.05) is 53.8 Å². The number of nitrogens with zero attached hydrogens (tertiary/aromatic N) is 5. The van der Waals surface area contributed by atoms with Crippen LogP contribution in [0.5, 0.6) is 0 Å². The Morgan fingerprint density at radius 3 is 2.59 bits per heavy atom. The van der Waals surface area contributed by atoms with Crippen LogP contribution in [-0.2, 0) is 9.59 Å². The Morgan fingerprint density at radius 2 is 1.76 bits per heavy atom. The number of hydrogen-bond acceptors (Lipinski definition) is 7. The van der Waals surface area contributed by atoms with Crippen molar-refractivity contribution in [1.82, 2.24) is 25.0 Å². The number of anilines is 2. The SMILES string of the molecule is O=C(Nc1ccc2[nH]nc(-c3ccccc3)c2c1)[C@@H]1CCN(CC(=O)N2CCN(c3nc4ccccc4s3)CC2)C1. The van der Waals surface area contributed by atoms with Gasteiger partial charge in [0.05, 0.1) is 33.9 Å². The molecule has 2 N–H and O–H groups in total. The minimum Gasteiger partial charge on any atom is -0.345 e. The van der Waals surface area contributed by atoms with Crippen LogP contribution < -0.4 is 10.2 Å². The second kappa shape index (κ2) is 10.9. The van der Waals surface area contributed by atoms with E-state index in [1.54, 1.807) is 11.3 Å². The first kappa shape index (κ1) is 25.7. The molecule has 0 unspecified atom stereocenters. The highest BCUT2D eigenvalue weighted by Gasteiger charge is 2.31. The van der Waals surface area contributed by atoms with Crippen LogP contribution in [0, 0.1) is 5.92 Å². The molecule has 10 heteroatoms. The molecule has 0 radical (unpaired) electrons. The maximum Gasteiger partial charge on any atom is 0.236 e. The first-order valence-corrected chi connectivity index (χ1v) is 14.9. The van der Waals surface area contributed by atoms with Gasteiger partial charge in [0.25, 0.3) is 0 Å². The molecule has 2 fully saturated rings. The van der Waals surface area contributed by atoms with Crippen molar-refractivity contribution in [2.45, 2.75) is 6.42 Å². The Hall–Kier alpha value is -4.28. The van der Waals surface area contributed by atoms with Gasteiger partial charge in [-0.2, -0.15) is 5.10 Å². The summed E-state index contributed by atoms with van der Waals surface area (Å²) in [6.45, 7) is 4.63. The van der Waals surface area contributed by atoms with E-state index in [9.17, 15) is 9.59 Å². The maximum atomic E-state index is 13.1. The van der Waals surface area contributed by atoms with E-state index in [-0.39, 0.29) is 17.7 Å². The molecule has 9 nitrogen and oxygen atoms in total. The van der Waals surface area contributed by atoms with Crippen LogP contribution in [0.2, 0.25) is 0 Å². The maximum absolute atomic E-state index is 13.1. The summed E-state index contributed by atoms with van der Waals surface area (Å²) in [6, 6.07) is 24.0. The molecule has 0 aliphatic carbocycles. The lowest BCUT2D eigenvalue weighted by Gasteiger charge is -2.35. The first-order valence-electron chi connectivity index (χ1n) is 14.1. The van der Waals surface area contributed by atoms with Crippen LogP contribution in [0.1, 0.15) is 6.42 Å². The molecule has 208 valence electrons. The normalized spacial score (nSPS) is 17.9. The van der Waals surface area contributed by atoms with Gasteiger partial charge in [0.15, 0.2) is 5.13 Å². The second-order valence-electron chi connectivity index (χ2n) is 10.7. The number of aromatic amines is 1. The minimum absolute atomic E-state index is 0.00601. The van der Waals surface area contributed by atoms with Crippen molar-refractivity contribution >= 4 is 55.1 Å². The Kier molecular flexibility index (Phi) is 6.85. The summed E-state index contributed by atoms with van der Waals surface area (Å²) < 4.78 is 1.19. The summed E-state index contributed by atoms with van der Waals surface area (Å²) in [5.41, 5.74) is 4.59. The van der Waals surface area contributed by atoms with E-state index in [0.717, 1.165) is 64.6 Å². The third kappa shape index (κ3) is 5.28. The summed E-state index contributed by atoms with van der Waals surface area (Å²) in [6.07, 6.45) is 0.744. The summed E-state index contributed by atoms with van der Waals surface area (Å²) in [5, 5.41) is 12.7. The van der Waals surface area contributed by atoms with Crippen molar-refractivity contribution in [3.63, 3.8) is 0 Å². The summed E-state index contributed by atoms with van der Waals surface area (Å²) in [7, 11) is 0. The lowest BCUT2D eigenvalue weighted by atomic mass is 10.1. The van der Waals surface area contributed by atoms with Crippen LogP contribution in [0.3, 0.4) is 0 Å². The van der Waals surface area contributed by atoms with E-state index >= 15 is 0 Å². The summed E-state index contributed by atoms with van der Waals surface area (Å²) in [4.78, 5) is 37.3. The second-order valence-corrected chi connectivity index (χ2v) is 11.7. The van der Waals surface area contributed by atoms with Crippen molar-refractivity contribution < 1.29 is 9.59 Å². The molecule has 2 saturated heterocycles. The summed E-state index contributed by atoms with van der Waals surface area (Å²) >= 11 is 1.70. The van der Waals surface area contributed by atoms with Crippen molar-refractivity contribution in [3.05, 3.63) is 72.8 Å². The van der Waals surface area contributed by atoms with E-state index in [1.165, 1.54) is 4.70 Å². The number of benzene rings is 3. The molecular weight excluding hydrogens is 534 g/mol. The average molecular weight is 566 g/mol. The van der Waals surface area contributed by atoms with E-state index in [1.807, 2.05) is 71.6 Å². The van der Waals surface area contributed by atoms with Crippen molar-refractivity contribution in [2.24, 2.45) is 5.92 Å². The zero-order chi connectivity index (χ0) is 27.8. The number of piperazine rings is 1. The highest BCUT2D eigenvalue weighted by Crippen LogP contribution is 2.30. The topological polar surface area (TPSA) is 97.5 Å². The Bertz CT molecular complexity index is 1670. The highest BCUT2D eigenvalue weighted by molar-refractivity contribution is 7.22. The third-order valence-corrected chi connectivity index (χ3v) is 9.16. The quantitative estimate of drug-likeness (QED) is 0.316. The molecule has 0 bridgehead atoms. The molecule has 2 aromatic heterocycles. The Labute approximate surface area is 241 Å². The number of thiazole rings is 1. The van der Waals surface area contributed by atoms with Gasteiger partial charge in [-0.25, -0.2) is 4.98 Å². The van der Waals surface area contributed by atoms with Crippen molar-refractivity contribution in [3.8, 4) is 11.3 Å². The number of nitrogens with one attached hydrogen (secondary N) is 2. The molecule has 41 heavy (non-hydrogen) atoms. The standard InChI is InChI=1S/C31H31N7O2S/c39-28(37-14-16-38(17-15-37)31-33-26-8-4-5-9-27(26)41-31)20-36-13-12-22(19-36)30(40)32-23-10-11-25-24(18-23)29(35-34-25)21-6-2-1-3-7-21/h1-11,18,22H,12-17,19-20H2,(H,32,40)(H,34,35)/t22-/m1/s1. The van der Waals surface area contributed by atoms with Crippen LogP contribution in [0.4, 0.5) is 10.8 Å². The fraction of sp³-hybridized carbons (Fsp3) is 0.290. The van der Waals surface area contributed by atoms with Gasteiger partial charge in [-0.05, 0) is 43.3 Å². The number of hydrogen-bond donors (Lipinski definition) is 2. The van der Waals surface area contributed by atoms with Gasteiger partial charge in [-0.3, -0.25) is 19.6 Å². The Morgan fingerprint density at radius 1 is 0.951 bits per heavy atom. The molecule has 0 saturated carbocycles. The smallest absolute Gasteiger partial charge is 0.236 e. The summed E-state index contributed by atoms with van der Waals surface area (Å²) in [5.74, 6) is -0.0188. The van der Waals surface area contributed by atoms with Crippen LogP contribution in [-0.4, -0.2) is 82.6 Å². The molecule has 3 aromatic carbocycles. The third-order valence-electron chi connectivity index (χ3n) is 8.07. The number of amides is 2. The molecule has 5 aromatic rings. The number of carbonyl (C=O) groups excluding carboxylic acids is 2. The zero-order valence-electron chi connectivity index (χ0n) is 22.6. The fourth-order valence-corrected chi connectivity index (χ4v) is 6.79. The minimum atomic E-state index is -0.146. The predicted molar refractivity (Wildman–Crippen MR) is 163 cm³/mol. The average Bonchev–Trinajstić information content (AvgIpc) is 3.76. The Balaban J connectivity index is 0.921.